The van der Waals surface area contributed by atoms with Gasteiger partial charge in [-0.1, -0.05) is 24.3 Å². The molecule has 94 valence electrons. The van der Waals surface area contributed by atoms with Gasteiger partial charge in [-0.05, 0) is 29.7 Å². The van der Waals surface area contributed by atoms with Crippen molar-refractivity contribution in [3.05, 3.63) is 65.3 Å². The summed E-state index contributed by atoms with van der Waals surface area (Å²) in [7, 11) is 0. The first kappa shape index (κ1) is 11.9. The van der Waals surface area contributed by atoms with Crippen LogP contribution < -0.4 is 5.32 Å². The smallest absolute Gasteiger partial charge is 0.261 e. The van der Waals surface area contributed by atoms with Crippen molar-refractivity contribution < 1.29 is 4.79 Å². The Labute approximate surface area is 114 Å². The summed E-state index contributed by atoms with van der Waals surface area (Å²) in [5.41, 5.74) is 0.858. The molecule has 0 fully saturated rings. The number of amides is 1. The van der Waals surface area contributed by atoms with Gasteiger partial charge in [-0.3, -0.25) is 9.78 Å². The third-order valence-corrected chi connectivity index (χ3v) is 3.92. The van der Waals surface area contributed by atoms with Gasteiger partial charge in [0.2, 0.25) is 0 Å². The largest absolute Gasteiger partial charge is 0.346 e. The van der Waals surface area contributed by atoms with Crippen molar-refractivity contribution in [3.8, 4) is 0 Å². The summed E-state index contributed by atoms with van der Waals surface area (Å²) in [4.78, 5) is 17.0. The highest BCUT2D eigenvalue weighted by atomic mass is 32.1. The molecule has 2 aromatic heterocycles. The first-order chi connectivity index (χ1) is 9.33. The average molecular weight is 268 g/mol. The predicted molar refractivity (Wildman–Crippen MR) is 77.2 cm³/mol. The zero-order valence-electron chi connectivity index (χ0n) is 10.2. The van der Waals surface area contributed by atoms with Gasteiger partial charge < -0.3 is 5.32 Å². The first-order valence-electron chi connectivity index (χ1n) is 5.99. The molecule has 0 saturated heterocycles. The highest BCUT2D eigenvalue weighted by Gasteiger charge is 2.09. The lowest BCUT2D eigenvalue weighted by molar-refractivity contribution is 0.0954. The molecule has 0 aliphatic heterocycles. The Morgan fingerprint density at radius 3 is 2.79 bits per heavy atom. The SMILES string of the molecule is O=C(NCc1ccccn1)c1cc2ccccc2s1. The van der Waals surface area contributed by atoms with Crippen molar-refractivity contribution >= 4 is 27.3 Å². The molecule has 19 heavy (non-hydrogen) atoms. The van der Waals surface area contributed by atoms with Crippen LogP contribution in [0, 0.1) is 0 Å². The standard InChI is InChI=1S/C15H12N2OS/c18-15(17-10-12-6-3-4-8-16-12)14-9-11-5-1-2-7-13(11)19-14/h1-9H,10H2,(H,17,18). The van der Waals surface area contributed by atoms with Crippen LogP contribution in [0.3, 0.4) is 0 Å². The van der Waals surface area contributed by atoms with Crippen LogP contribution in [-0.4, -0.2) is 10.9 Å². The number of hydrogen-bond acceptors (Lipinski definition) is 3. The minimum absolute atomic E-state index is 0.0492. The molecule has 3 aromatic rings. The van der Waals surface area contributed by atoms with E-state index in [1.165, 1.54) is 11.3 Å². The summed E-state index contributed by atoms with van der Waals surface area (Å²) < 4.78 is 1.13. The molecule has 0 aliphatic rings. The zero-order valence-corrected chi connectivity index (χ0v) is 11.0. The molecule has 3 nitrogen and oxygen atoms in total. The fraction of sp³-hybridized carbons (Fsp3) is 0.0667. The molecule has 3 rings (SSSR count). The van der Waals surface area contributed by atoms with Crippen LogP contribution in [0.15, 0.2) is 54.7 Å². The molecule has 0 spiro atoms. The van der Waals surface area contributed by atoms with E-state index in [9.17, 15) is 4.79 Å². The van der Waals surface area contributed by atoms with Crippen molar-refractivity contribution in [2.24, 2.45) is 0 Å². The topological polar surface area (TPSA) is 42.0 Å². The van der Waals surface area contributed by atoms with Crippen molar-refractivity contribution in [1.82, 2.24) is 10.3 Å². The monoisotopic (exact) mass is 268 g/mol. The second kappa shape index (κ2) is 5.20. The van der Waals surface area contributed by atoms with E-state index in [2.05, 4.69) is 10.3 Å². The molecular weight excluding hydrogens is 256 g/mol. The van der Waals surface area contributed by atoms with Crippen LogP contribution in [0.4, 0.5) is 0 Å². The molecule has 2 heterocycles. The number of nitrogens with one attached hydrogen (secondary N) is 1. The summed E-state index contributed by atoms with van der Waals surface area (Å²) in [6.07, 6.45) is 1.72. The van der Waals surface area contributed by atoms with Crippen LogP contribution in [0.25, 0.3) is 10.1 Å². The van der Waals surface area contributed by atoms with Gasteiger partial charge in [-0.2, -0.15) is 0 Å². The maximum atomic E-state index is 12.1. The summed E-state index contributed by atoms with van der Waals surface area (Å²) in [5.74, 6) is -0.0492. The number of hydrogen-bond donors (Lipinski definition) is 1. The van der Waals surface area contributed by atoms with Crippen LogP contribution in [0.5, 0.6) is 0 Å². The van der Waals surface area contributed by atoms with Crippen molar-refractivity contribution in [2.45, 2.75) is 6.54 Å². The van der Waals surface area contributed by atoms with E-state index >= 15 is 0 Å². The Kier molecular flexibility index (Phi) is 3.25. The highest BCUT2D eigenvalue weighted by Crippen LogP contribution is 2.25. The normalized spacial score (nSPS) is 10.5. The Bertz CT molecular complexity index is 673. The lowest BCUT2D eigenvalue weighted by atomic mass is 10.2. The van der Waals surface area contributed by atoms with Gasteiger partial charge in [0.25, 0.3) is 5.91 Å². The average Bonchev–Trinajstić information content (AvgIpc) is 2.90. The van der Waals surface area contributed by atoms with Crippen LogP contribution in [0.2, 0.25) is 0 Å². The first-order valence-corrected chi connectivity index (χ1v) is 6.81. The summed E-state index contributed by atoms with van der Waals surface area (Å²) in [6.45, 7) is 0.452. The lowest BCUT2D eigenvalue weighted by Gasteiger charge is -2.02. The molecule has 1 amide bonds. The summed E-state index contributed by atoms with van der Waals surface area (Å²) >= 11 is 1.51. The number of aromatic nitrogens is 1. The van der Waals surface area contributed by atoms with E-state index in [1.54, 1.807) is 6.20 Å². The number of nitrogens with zero attached hydrogens (tertiary/aromatic N) is 1. The van der Waals surface area contributed by atoms with Crippen molar-refractivity contribution in [2.75, 3.05) is 0 Å². The molecule has 0 unspecified atom stereocenters. The lowest BCUT2D eigenvalue weighted by Crippen LogP contribution is -2.22. The Balaban J connectivity index is 1.73. The fourth-order valence-electron chi connectivity index (χ4n) is 1.85. The molecule has 0 atom stereocenters. The minimum atomic E-state index is -0.0492. The third kappa shape index (κ3) is 2.63. The van der Waals surface area contributed by atoms with Crippen molar-refractivity contribution in [3.63, 3.8) is 0 Å². The maximum Gasteiger partial charge on any atom is 0.261 e. The molecule has 0 radical (unpaired) electrons. The molecule has 4 heteroatoms. The van der Waals surface area contributed by atoms with Crippen LogP contribution >= 0.6 is 11.3 Å². The second-order valence-electron chi connectivity index (χ2n) is 4.15. The van der Waals surface area contributed by atoms with E-state index in [4.69, 9.17) is 0 Å². The molecular formula is C15H12N2OS. The Morgan fingerprint density at radius 2 is 2.00 bits per heavy atom. The molecule has 0 bridgehead atoms. The van der Waals surface area contributed by atoms with Gasteiger partial charge >= 0.3 is 0 Å². The molecule has 1 aromatic carbocycles. The quantitative estimate of drug-likeness (QED) is 0.792. The van der Waals surface area contributed by atoms with Gasteiger partial charge in [-0.15, -0.1) is 11.3 Å². The number of fused-ring (bicyclic) bond motifs is 1. The van der Waals surface area contributed by atoms with Gasteiger partial charge in [0.1, 0.15) is 0 Å². The number of carbonyl (C=O) groups is 1. The van der Waals surface area contributed by atoms with Crippen LogP contribution in [-0.2, 0) is 6.54 Å². The zero-order chi connectivity index (χ0) is 13.1. The number of rotatable bonds is 3. The Morgan fingerprint density at radius 1 is 1.16 bits per heavy atom. The van der Waals surface area contributed by atoms with Crippen LogP contribution in [0.1, 0.15) is 15.4 Å². The van der Waals surface area contributed by atoms with Gasteiger partial charge in [0, 0.05) is 10.9 Å². The molecule has 0 aliphatic carbocycles. The van der Waals surface area contributed by atoms with Gasteiger partial charge in [-0.25, -0.2) is 0 Å². The number of carbonyl (C=O) groups excluding carboxylic acids is 1. The van der Waals surface area contributed by atoms with E-state index in [0.29, 0.717) is 6.54 Å². The fourth-order valence-corrected chi connectivity index (χ4v) is 2.83. The van der Waals surface area contributed by atoms with Gasteiger partial charge in [0.15, 0.2) is 0 Å². The van der Waals surface area contributed by atoms with E-state index in [-0.39, 0.29) is 5.91 Å². The summed E-state index contributed by atoms with van der Waals surface area (Å²) in [5, 5.41) is 3.99. The van der Waals surface area contributed by atoms with E-state index < -0.39 is 0 Å². The maximum absolute atomic E-state index is 12.1. The van der Waals surface area contributed by atoms with Gasteiger partial charge in [0.05, 0.1) is 17.1 Å². The number of thiophene rings is 1. The number of pyridine rings is 1. The second-order valence-corrected chi connectivity index (χ2v) is 5.24. The predicted octanol–water partition coefficient (Wildman–Crippen LogP) is 3.23. The molecule has 0 saturated carbocycles. The minimum Gasteiger partial charge on any atom is -0.346 e. The number of benzene rings is 1. The third-order valence-electron chi connectivity index (χ3n) is 2.81. The molecule has 1 N–H and O–H groups in total. The Hall–Kier alpha value is -2.20. The highest BCUT2D eigenvalue weighted by molar-refractivity contribution is 7.20. The van der Waals surface area contributed by atoms with E-state index in [0.717, 1.165) is 20.7 Å². The van der Waals surface area contributed by atoms with E-state index in [1.807, 2.05) is 48.5 Å². The summed E-state index contributed by atoms with van der Waals surface area (Å²) in [6, 6.07) is 15.6. The van der Waals surface area contributed by atoms with Crippen molar-refractivity contribution in [1.29, 1.82) is 0 Å².